The van der Waals surface area contributed by atoms with E-state index in [1.54, 1.807) is 17.0 Å². The number of nitrogens with two attached hydrogens (primary N) is 1. The second-order valence-electron chi connectivity index (χ2n) is 7.32. The van der Waals surface area contributed by atoms with Crippen LogP contribution in [0.2, 0.25) is 0 Å². The van der Waals surface area contributed by atoms with Crippen molar-refractivity contribution in [1.82, 2.24) is 14.5 Å². The van der Waals surface area contributed by atoms with Crippen molar-refractivity contribution in [2.75, 3.05) is 5.32 Å². The smallest absolute Gasteiger partial charge is 0.274 e. The average Bonchev–Trinajstić information content (AvgIpc) is 3.18. The van der Waals surface area contributed by atoms with Crippen LogP contribution >= 0.6 is 0 Å². The van der Waals surface area contributed by atoms with E-state index in [-0.39, 0.29) is 17.6 Å². The summed E-state index contributed by atoms with van der Waals surface area (Å²) in [6, 6.07) is 8.52. The standard InChI is InChI=1S/C21H21F2N7O2/c1-11-3-7-17(29-28-11)26-13-4-6-16-15(9-13)25-10-30(16)18-8-5-14(20(24)31)21(27-18)32-12(2)19(22)23/h3-6,8-10,12,17,19,26H,7H2,1-2H3,(H2,24,31). The van der Waals surface area contributed by atoms with Crippen molar-refractivity contribution < 1.29 is 18.3 Å². The summed E-state index contributed by atoms with van der Waals surface area (Å²) in [5, 5.41) is 11.6. The van der Waals surface area contributed by atoms with Crippen LogP contribution in [0, 0.1) is 0 Å². The van der Waals surface area contributed by atoms with E-state index in [4.69, 9.17) is 10.5 Å². The third kappa shape index (κ3) is 4.41. The van der Waals surface area contributed by atoms with Gasteiger partial charge < -0.3 is 15.8 Å². The number of carbonyl (C=O) groups is 1. The number of hydrogen-bond acceptors (Lipinski definition) is 7. The van der Waals surface area contributed by atoms with Crippen LogP contribution in [0.3, 0.4) is 0 Å². The first-order chi connectivity index (χ1) is 15.3. The van der Waals surface area contributed by atoms with Gasteiger partial charge in [-0.15, -0.1) is 0 Å². The number of amides is 1. The average molecular weight is 441 g/mol. The van der Waals surface area contributed by atoms with Crippen molar-refractivity contribution in [3.8, 4) is 11.7 Å². The first-order valence-corrected chi connectivity index (χ1v) is 9.89. The van der Waals surface area contributed by atoms with Gasteiger partial charge in [-0.25, -0.2) is 13.8 Å². The molecule has 2 unspecified atom stereocenters. The zero-order chi connectivity index (χ0) is 22.8. The number of benzene rings is 1. The zero-order valence-electron chi connectivity index (χ0n) is 17.4. The van der Waals surface area contributed by atoms with Gasteiger partial charge in [0.1, 0.15) is 23.9 Å². The molecule has 0 saturated carbocycles. The molecule has 0 bridgehead atoms. The number of imidazole rings is 1. The molecule has 9 nitrogen and oxygen atoms in total. The summed E-state index contributed by atoms with van der Waals surface area (Å²) in [5.74, 6) is -0.734. The molecule has 4 rings (SSSR count). The molecule has 3 N–H and O–H groups in total. The van der Waals surface area contributed by atoms with Crippen LogP contribution in [0.4, 0.5) is 14.5 Å². The number of rotatable bonds is 7. The summed E-state index contributed by atoms with van der Waals surface area (Å²) in [5.41, 5.74) is 8.37. The maximum absolute atomic E-state index is 12.9. The van der Waals surface area contributed by atoms with Crippen LogP contribution < -0.4 is 15.8 Å². The summed E-state index contributed by atoms with van der Waals surface area (Å²) in [7, 11) is 0. The van der Waals surface area contributed by atoms with E-state index in [9.17, 15) is 13.6 Å². The Bertz CT molecular complexity index is 1220. The summed E-state index contributed by atoms with van der Waals surface area (Å²) in [6.07, 6.45) is -0.0688. The van der Waals surface area contributed by atoms with E-state index in [0.29, 0.717) is 11.3 Å². The highest BCUT2D eigenvalue weighted by Crippen LogP contribution is 2.26. The van der Waals surface area contributed by atoms with Gasteiger partial charge in [-0.05, 0) is 44.2 Å². The van der Waals surface area contributed by atoms with Crippen LogP contribution in [0.5, 0.6) is 5.88 Å². The Kier molecular flexibility index (Phi) is 5.80. The molecule has 11 heteroatoms. The number of nitrogens with one attached hydrogen (secondary N) is 1. The highest BCUT2D eigenvalue weighted by atomic mass is 19.3. The molecule has 0 fully saturated rings. The number of fused-ring (bicyclic) bond motifs is 1. The molecular formula is C21H21F2N7O2. The number of halogens is 2. The van der Waals surface area contributed by atoms with Crippen molar-refractivity contribution in [3.05, 3.63) is 54.0 Å². The minimum absolute atomic E-state index is 0.0805. The van der Waals surface area contributed by atoms with E-state index in [2.05, 4.69) is 25.5 Å². The highest BCUT2D eigenvalue weighted by molar-refractivity contribution is 5.95. The number of ether oxygens (including phenoxy) is 1. The fourth-order valence-electron chi connectivity index (χ4n) is 3.17. The second-order valence-corrected chi connectivity index (χ2v) is 7.32. The Hall–Kier alpha value is -3.89. The van der Waals surface area contributed by atoms with E-state index in [1.165, 1.54) is 13.0 Å². The SMILES string of the molecule is CC1=CCC(Nc2ccc3c(c2)ncn3-c2ccc(C(N)=O)c(OC(C)C(F)F)n2)N=N1. The molecule has 166 valence electrons. The molecule has 2 atom stereocenters. The Morgan fingerprint density at radius 1 is 1.31 bits per heavy atom. The number of azo groups is 1. The van der Waals surface area contributed by atoms with Crippen LogP contribution in [0.25, 0.3) is 16.9 Å². The van der Waals surface area contributed by atoms with Gasteiger partial charge in [0.25, 0.3) is 12.3 Å². The third-order valence-corrected chi connectivity index (χ3v) is 4.88. The van der Waals surface area contributed by atoms with E-state index < -0.39 is 18.4 Å². The number of alkyl halides is 2. The fraction of sp³-hybridized carbons (Fsp3) is 0.286. The molecule has 3 heterocycles. The van der Waals surface area contributed by atoms with Gasteiger partial charge >= 0.3 is 0 Å². The number of hydrogen-bond donors (Lipinski definition) is 2. The van der Waals surface area contributed by atoms with Crippen LogP contribution in [-0.2, 0) is 0 Å². The largest absolute Gasteiger partial charge is 0.468 e. The summed E-state index contributed by atoms with van der Waals surface area (Å²) in [4.78, 5) is 20.3. The molecule has 1 aliphatic heterocycles. The van der Waals surface area contributed by atoms with Gasteiger partial charge in [0.15, 0.2) is 6.10 Å². The number of aromatic nitrogens is 3. The lowest BCUT2D eigenvalue weighted by Gasteiger charge is -2.16. The fourth-order valence-corrected chi connectivity index (χ4v) is 3.17. The van der Waals surface area contributed by atoms with Crippen molar-refractivity contribution in [2.45, 2.75) is 39.0 Å². The normalized spacial score (nSPS) is 16.8. The Morgan fingerprint density at radius 3 is 2.81 bits per heavy atom. The lowest BCUT2D eigenvalue weighted by atomic mass is 10.2. The number of pyridine rings is 1. The van der Waals surface area contributed by atoms with Gasteiger partial charge in [0.05, 0.1) is 16.7 Å². The van der Waals surface area contributed by atoms with Crippen molar-refractivity contribution in [2.24, 2.45) is 16.0 Å². The summed E-state index contributed by atoms with van der Waals surface area (Å²) < 4.78 is 32.8. The highest BCUT2D eigenvalue weighted by Gasteiger charge is 2.21. The molecule has 0 spiro atoms. The molecule has 0 radical (unpaired) electrons. The minimum atomic E-state index is -2.75. The van der Waals surface area contributed by atoms with Crippen LogP contribution in [0.1, 0.15) is 30.6 Å². The Morgan fingerprint density at radius 2 is 2.12 bits per heavy atom. The van der Waals surface area contributed by atoms with Gasteiger partial charge in [-0.2, -0.15) is 15.2 Å². The molecule has 1 aromatic carbocycles. The first-order valence-electron chi connectivity index (χ1n) is 9.89. The Balaban J connectivity index is 1.63. The quantitative estimate of drug-likeness (QED) is 0.573. The Labute approximate surface area is 182 Å². The summed E-state index contributed by atoms with van der Waals surface area (Å²) in [6.45, 7) is 3.08. The van der Waals surface area contributed by atoms with Gasteiger partial charge in [-0.3, -0.25) is 9.36 Å². The van der Waals surface area contributed by atoms with E-state index >= 15 is 0 Å². The molecular weight excluding hydrogens is 420 g/mol. The predicted molar refractivity (Wildman–Crippen MR) is 114 cm³/mol. The molecule has 3 aromatic rings. The third-order valence-electron chi connectivity index (χ3n) is 4.88. The zero-order valence-corrected chi connectivity index (χ0v) is 17.4. The van der Waals surface area contributed by atoms with Crippen molar-refractivity contribution in [3.63, 3.8) is 0 Å². The maximum atomic E-state index is 12.9. The topological polar surface area (TPSA) is 120 Å². The van der Waals surface area contributed by atoms with Crippen molar-refractivity contribution >= 4 is 22.6 Å². The molecule has 1 amide bonds. The first kappa shape index (κ1) is 21.3. The van der Waals surface area contributed by atoms with Gasteiger partial charge in [0, 0.05) is 12.1 Å². The lowest BCUT2D eigenvalue weighted by molar-refractivity contribution is 0.0196. The molecule has 0 saturated heterocycles. The molecule has 32 heavy (non-hydrogen) atoms. The van der Waals surface area contributed by atoms with Gasteiger partial charge in [0.2, 0.25) is 5.88 Å². The molecule has 2 aromatic heterocycles. The summed E-state index contributed by atoms with van der Waals surface area (Å²) >= 11 is 0. The number of allylic oxidation sites excluding steroid dienone is 1. The lowest BCUT2D eigenvalue weighted by Crippen LogP contribution is -2.24. The van der Waals surface area contributed by atoms with Crippen LogP contribution in [-0.4, -0.2) is 39.1 Å². The number of primary amides is 1. The molecule has 1 aliphatic rings. The number of anilines is 1. The van der Waals surface area contributed by atoms with Crippen molar-refractivity contribution in [1.29, 1.82) is 0 Å². The van der Waals surface area contributed by atoms with E-state index in [0.717, 1.165) is 23.3 Å². The molecule has 0 aliphatic carbocycles. The van der Waals surface area contributed by atoms with E-state index in [1.807, 2.05) is 31.2 Å². The predicted octanol–water partition coefficient (Wildman–Crippen LogP) is 4.05. The monoisotopic (exact) mass is 441 g/mol. The minimum Gasteiger partial charge on any atom is -0.468 e. The van der Waals surface area contributed by atoms with Crippen LogP contribution in [0.15, 0.2) is 58.7 Å². The maximum Gasteiger partial charge on any atom is 0.274 e. The number of nitrogens with zero attached hydrogens (tertiary/aromatic N) is 5. The van der Waals surface area contributed by atoms with Gasteiger partial charge in [-0.1, -0.05) is 6.08 Å². The number of carbonyl (C=O) groups excluding carboxylic acids is 1. The second kappa shape index (κ2) is 8.69.